The molecule has 4 unspecified atom stereocenters. The number of nitrogens with two attached hydrogens (primary N) is 1. The van der Waals surface area contributed by atoms with Crippen molar-refractivity contribution in [2.24, 2.45) is 17.6 Å². The van der Waals surface area contributed by atoms with Crippen LogP contribution in [-0.2, 0) is 25.6 Å². The van der Waals surface area contributed by atoms with Crippen molar-refractivity contribution in [3.8, 4) is 5.75 Å². The van der Waals surface area contributed by atoms with Gasteiger partial charge in [-0.15, -0.1) is 0 Å². The second kappa shape index (κ2) is 12.8. The third-order valence-electron chi connectivity index (χ3n) is 5.10. The molecule has 3 amide bonds. The van der Waals surface area contributed by atoms with Gasteiger partial charge in [0, 0.05) is 6.42 Å². The first-order valence-electron chi connectivity index (χ1n) is 11.0. The third-order valence-corrected chi connectivity index (χ3v) is 5.10. The lowest BCUT2D eigenvalue weighted by molar-refractivity contribution is -0.142. The summed E-state index contributed by atoms with van der Waals surface area (Å²) in [6.07, 6.45) is 0.344. The molecule has 0 radical (unpaired) electrons. The summed E-state index contributed by atoms with van der Waals surface area (Å²) in [5.74, 6) is -2.90. The van der Waals surface area contributed by atoms with E-state index in [1.54, 1.807) is 26.0 Å². The van der Waals surface area contributed by atoms with E-state index in [0.717, 1.165) is 0 Å². The summed E-state index contributed by atoms with van der Waals surface area (Å²) >= 11 is 0. The van der Waals surface area contributed by atoms with Crippen LogP contribution in [0.25, 0.3) is 0 Å². The van der Waals surface area contributed by atoms with Crippen LogP contribution >= 0.6 is 0 Å². The molecular weight excluding hydrogens is 428 g/mol. The monoisotopic (exact) mass is 464 g/mol. The second-order valence-electron chi connectivity index (χ2n) is 8.96. The number of nitrogens with one attached hydrogen (secondary N) is 3. The normalized spacial score (nSPS) is 14.8. The van der Waals surface area contributed by atoms with Gasteiger partial charge in [0.25, 0.3) is 0 Å². The lowest BCUT2D eigenvalue weighted by atomic mass is 10.0. The van der Waals surface area contributed by atoms with E-state index in [1.165, 1.54) is 19.1 Å². The van der Waals surface area contributed by atoms with Crippen LogP contribution in [0.1, 0.15) is 46.6 Å². The molecule has 33 heavy (non-hydrogen) atoms. The van der Waals surface area contributed by atoms with Crippen LogP contribution < -0.4 is 21.7 Å². The van der Waals surface area contributed by atoms with Gasteiger partial charge < -0.3 is 31.9 Å². The van der Waals surface area contributed by atoms with E-state index in [1.807, 2.05) is 13.8 Å². The Morgan fingerprint density at radius 1 is 0.848 bits per heavy atom. The first-order valence-corrected chi connectivity index (χ1v) is 11.0. The highest BCUT2D eigenvalue weighted by Crippen LogP contribution is 2.12. The number of carbonyl (C=O) groups excluding carboxylic acids is 3. The van der Waals surface area contributed by atoms with Gasteiger partial charge in [-0.1, -0.05) is 39.8 Å². The molecule has 1 aromatic carbocycles. The van der Waals surface area contributed by atoms with Crippen LogP contribution in [0.4, 0.5) is 0 Å². The first-order chi connectivity index (χ1) is 15.3. The van der Waals surface area contributed by atoms with Gasteiger partial charge >= 0.3 is 5.97 Å². The Morgan fingerprint density at radius 3 is 1.88 bits per heavy atom. The Hall–Kier alpha value is -3.14. The molecule has 0 saturated heterocycles. The average molecular weight is 465 g/mol. The van der Waals surface area contributed by atoms with E-state index in [2.05, 4.69) is 16.0 Å². The van der Waals surface area contributed by atoms with Gasteiger partial charge in [0.2, 0.25) is 17.7 Å². The van der Waals surface area contributed by atoms with Gasteiger partial charge in [0.05, 0.1) is 6.04 Å². The minimum Gasteiger partial charge on any atom is -0.508 e. The standard InChI is InChI=1S/C23H36N4O6/c1-12(2)10-17(26-22(31)19(24)13(3)4)21(30)25-14(5)20(29)27-18(23(32)33)11-15-6-8-16(28)9-7-15/h6-9,12-14,17-19,28H,10-11,24H2,1-5H3,(H,25,30)(H,26,31)(H,27,29)(H,32,33). The van der Waals surface area contributed by atoms with Gasteiger partial charge in [-0.25, -0.2) is 4.79 Å². The Kier molecular flexibility index (Phi) is 10.8. The van der Waals surface area contributed by atoms with Gasteiger partial charge in [0.15, 0.2) is 0 Å². The van der Waals surface area contributed by atoms with E-state index >= 15 is 0 Å². The third kappa shape index (κ3) is 9.48. The molecule has 1 aromatic rings. The second-order valence-corrected chi connectivity index (χ2v) is 8.96. The van der Waals surface area contributed by atoms with Crippen LogP contribution in [0, 0.1) is 11.8 Å². The molecule has 0 heterocycles. The van der Waals surface area contributed by atoms with Crippen molar-refractivity contribution < 1.29 is 29.4 Å². The van der Waals surface area contributed by atoms with Gasteiger partial charge in [-0.05, 0) is 42.9 Å². The zero-order valence-electron chi connectivity index (χ0n) is 19.8. The number of rotatable bonds is 12. The van der Waals surface area contributed by atoms with Crippen molar-refractivity contribution in [2.45, 2.75) is 71.6 Å². The maximum absolute atomic E-state index is 12.8. The van der Waals surface area contributed by atoms with Gasteiger partial charge in [-0.2, -0.15) is 0 Å². The highest BCUT2D eigenvalue weighted by molar-refractivity contribution is 5.94. The van der Waals surface area contributed by atoms with E-state index in [0.29, 0.717) is 12.0 Å². The van der Waals surface area contributed by atoms with Gasteiger partial charge in [0.1, 0.15) is 23.9 Å². The highest BCUT2D eigenvalue weighted by atomic mass is 16.4. The van der Waals surface area contributed by atoms with Gasteiger partial charge in [-0.3, -0.25) is 14.4 Å². The number of aliphatic carboxylic acids is 1. The fourth-order valence-corrected chi connectivity index (χ4v) is 3.02. The maximum Gasteiger partial charge on any atom is 0.326 e. The molecule has 0 saturated carbocycles. The van der Waals surface area contributed by atoms with Crippen LogP contribution in [0.5, 0.6) is 5.75 Å². The first kappa shape index (κ1) is 27.9. The molecule has 0 aliphatic carbocycles. The Bertz CT molecular complexity index is 825. The summed E-state index contributed by atoms with van der Waals surface area (Å²) < 4.78 is 0. The topological polar surface area (TPSA) is 171 Å². The van der Waals surface area contributed by atoms with Crippen molar-refractivity contribution >= 4 is 23.7 Å². The number of aromatic hydroxyl groups is 1. The molecule has 7 N–H and O–H groups in total. The lowest BCUT2D eigenvalue weighted by Crippen LogP contribution is -2.57. The number of carboxylic acid groups (broad SMARTS) is 1. The van der Waals surface area contributed by atoms with Crippen molar-refractivity contribution in [1.82, 2.24) is 16.0 Å². The molecule has 0 spiro atoms. The minimum absolute atomic E-state index is 0.00113. The van der Waals surface area contributed by atoms with E-state index in [9.17, 15) is 29.4 Å². The number of phenolic OH excluding ortho intramolecular Hbond substituents is 1. The number of benzene rings is 1. The number of hydrogen-bond acceptors (Lipinski definition) is 6. The van der Waals surface area contributed by atoms with Crippen molar-refractivity contribution in [3.63, 3.8) is 0 Å². The summed E-state index contributed by atoms with van der Waals surface area (Å²) in [5, 5.41) is 26.4. The summed E-state index contributed by atoms with van der Waals surface area (Å²) in [6, 6.07) is 2.05. The minimum atomic E-state index is -1.23. The van der Waals surface area contributed by atoms with Crippen LogP contribution in [0.15, 0.2) is 24.3 Å². The number of carbonyl (C=O) groups is 4. The molecule has 10 heteroatoms. The zero-order valence-corrected chi connectivity index (χ0v) is 19.8. The van der Waals surface area contributed by atoms with Crippen LogP contribution in [0.2, 0.25) is 0 Å². The summed E-state index contributed by atoms with van der Waals surface area (Å²) in [6.45, 7) is 8.81. The Labute approximate surface area is 194 Å². The fourth-order valence-electron chi connectivity index (χ4n) is 3.02. The molecule has 4 atom stereocenters. The predicted molar refractivity (Wildman–Crippen MR) is 123 cm³/mol. The van der Waals surface area contributed by atoms with Crippen molar-refractivity contribution in [2.75, 3.05) is 0 Å². The average Bonchev–Trinajstić information content (AvgIpc) is 2.72. The number of hydrogen-bond donors (Lipinski definition) is 6. The summed E-state index contributed by atoms with van der Waals surface area (Å²) in [4.78, 5) is 49.3. The molecule has 0 aliphatic rings. The van der Waals surface area contributed by atoms with Crippen molar-refractivity contribution in [3.05, 3.63) is 29.8 Å². The van der Waals surface area contributed by atoms with E-state index in [4.69, 9.17) is 5.73 Å². The Morgan fingerprint density at radius 2 is 1.39 bits per heavy atom. The number of phenols is 1. The number of amides is 3. The predicted octanol–water partition coefficient (Wildman–Crippen LogP) is 0.523. The molecule has 0 bridgehead atoms. The maximum atomic E-state index is 12.8. The molecule has 1 rings (SSSR count). The molecule has 0 aromatic heterocycles. The van der Waals surface area contributed by atoms with Crippen molar-refractivity contribution in [1.29, 1.82) is 0 Å². The molecule has 184 valence electrons. The lowest BCUT2D eigenvalue weighted by Gasteiger charge is -2.25. The molecule has 0 fully saturated rings. The smallest absolute Gasteiger partial charge is 0.326 e. The van der Waals surface area contributed by atoms with E-state index in [-0.39, 0.29) is 24.0 Å². The molecular formula is C23H36N4O6. The fraction of sp³-hybridized carbons (Fsp3) is 0.565. The highest BCUT2D eigenvalue weighted by Gasteiger charge is 2.29. The number of carboxylic acids is 1. The SMILES string of the molecule is CC(C)CC(NC(=O)C(N)C(C)C)C(=O)NC(C)C(=O)NC(Cc1ccc(O)cc1)C(=O)O. The van der Waals surface area contributed by atoms with Crippen LogP contribution in [-0.4, -0.2) is 58.1 Å². The Balaban J connectivity index is 2.80. The zero-order chi connectivity index (χ0) is 25.3. The molecule has 0 aliphatic heterocycles. The van der Waals surface area contributed by atoms with Crippen LogP contribution in [0.3, 0.4) is 0 Å². The summed E-state index contributed by atoms with van der Waals surface area (Å²) in [7, 11) is 0. The molecule has 10 nitrogen and oxygen atoms in total. The summed E-state index contributed by atoms with van der Waals surface area (Å²) in [5.41, 5.74) is 6.48. The van der Waals surface area contributed by atoms with E-state index < -0.39 is 47.9 Å². The quantitative estimate of drug-likeness (QED) is 0.262. The largest absolute Gasteiger partial charge is 0.508 e.